The molecule has 136 valence electrons. The summed E-state index contributed by atoms with van der Waals surface area (Å²) in [7, 11) is 0. The van der Waals surface area contributed by atoms with Crippen LogP contribution in [-0.4, -0.2) is 36.2 Å². The largest absolute Gasteiger partial charge is 0.549 e. The third-order valence-electron chi connectivity index (χ3n) is 3.88. The Morgan fingerprint density at radius 1 is 1.35 bits per heavy atom. The molecule has 0 saturated carbocycles. The van der Waals surface area contributed by atoms with Crippen molar-refractivity contribution in [3.8, 4) is 0 Å². The standard InChI is InChI=1S/C17H18FN5O2S/c1-2-3-8-13(17(24)25)26-16-14-15(19-10-20-16)23(22-21-14)9-11-6-4-5-7-12(11)18/h4-7,10,13H,2-3,8-9H2,1H3,(H,24,25)/p-1/t13-/m0/s1. The molecule has 0 fully saturated rings. The lowest BCUT2D eigenvalue weighted by atomic mass is 10.2. The number of carboxylic acid groups (broad SMARTS) is 1. The van der Waals surface area contributed by atoms with E-state index >= 15 is 0 Å². The topological polar surface area (TPSA) is 96.6 Å². The molecule has 1 aromatic carbocycles. The fraction of sp³-hybridized carbons (Fsp3) is 0.353. The molecule has 9 heteroatoms. The van der Waals surface area contributed by atoms with Gasteiger partial charge in [0.25, 0.3) is 0 Å². The summed E-state index contributed by atoms with van der Waals surface area (Å²) >= 11 is 1.09. The molecule has 0 unspecified atom stereocenters. The van der Waals surface area contributed by atoms with Gasteiger partial charge in [-0.3, -0.25) is 0 Å². The van der Waals surface area contributed by atoms with E-state index in [0.29, 0.717) is 28.2 Å². The van der Waals surface area contributed by atoms with Gasteiger partial charge in [0.15, 0.2) is 11.2 Å². The molecule has 0 spiro atoms. The van der Waals surface area contributed by atoms with Crippen molar-refractivity contribution >= 4 is 28.9 Å². The quantitative estimate of drug-likeness (QED) is 0.438. The van der Waals surface area contributed by atoms with Crippen LogP contribution in [0.3, 0.4) is 0 Å². The smallest absolute Gasteiger partial charge is 0.183 e. The normalized spacial score (nSPS) is 12.4. The van der Waals surface area contributed by atoms with Gasteiger partial charge in [-0.15, -0.1) is 5.10 Å². The maximum absolute atomic E-state index is 13.9. The molecule has 0 aliphatic heterocycles. The molecule has 0 aliphatic carbocycles. The average Bonchev–Trinajstić information content (AvgIpc) is 3.04. The molecule has 0 aliphatic rings. The van der Waals surface area contributed by atoms with Crippen molar-refractivity contribution in [2.75, 3.05) is 0 Å². The molecular formula is C17H17FN5O2S-. The first-order valence-electron chi connectivity index (χ1n) is 8.25. The van der Waals surface area contributed by atoms with Crippen LogP contribution in [0.5, 0.6) is 0 Å². The molecule has 26 heavy (non-hydrogen) atoms. The average molecular weight is 374 g/mol. The second-order valence-electron chi connectivity index (χ2n) is 5.76. The van der Waals surface area contributed by atoms with Crippen LogP contribution in [-0.2, 0) is 11.3 Å². The number of aromatic nitrogens is 5. The number of hydrogen-bond acceptors (Lipinski definition) is 7. The first-order valence-corrected chi connectivity index (χ1v) is 9.13. The zero-order chi connectivity index (χ0) is 18.5. The molecule has 0 amide bonds. The summed E-state index contributed by atoms with van der Waals surface area (Å²) < 4.78 is 15.3. The molecule has 1 atom stereocenters. The fourth-order valence-corrected chi connectivity index (χ4v) is 3.50. The van der Waals surface area contributed by atoms with Crippen LogP contribution >= 0.6 is 11.8 Å². The number of unbranched alkanes of at least 4 members (excludes halogenated alkanes) is 1. The molecular weight excluding hydrogens is 357 g/mol. The fourth-order valence-electron chi connectivity index (χ4n) is 2.50. The van der Waals surface area contributed by atoms with Gasteiger partial charge in [-0.2, -0.15) is 0 Å². The Morgan fingerprint density at radius 3 is 2.88 bits per heavy atom. The second kappa shape index (κ2) is 8.22. The van der Waals surface area contributed by atoms with Crippen molar-refractivity contribution in [2.24, 2.45) is 0 Å². The molecule has 7 nitrogen and oxygen atoms in total. The Bertz CT molecular complexity index is 917. The van der Waals surface area contributed by atoms with E-state index < -0.39 is 11.2 Å². The molecule has 0 radical (unpaired) electrons. The van der Waals surface area contributed by atoms with E-state index in [-0.39, 0.29) is 12.4 Å². The summed E-state index contributed by atoms with van der Waals surface area (Å²) in [5.74, 6) is -1.47. The van der Waals surface area contributed by atoms with E-state index in [0.717, 1.165) is 24.6 Å². The van der Waals surface area contributed by atoms with Gasteiger partial charge in [0, 0.05) is 5.56 Å². The van der Waals surface area contributed by atoms with E-state index in [1.165, 1.54) is 17.1 Å². The minimum atomic E-state index is -1.13. The van der Waals surface area contributed by atoms with Gasteiger partial charge in [-0.05, 0) is 12.5 Å². The predicted molar refractivity (Wildman–Crippen MR) is 92.8 cm³/mol. The summed E-state index contributed by atoms with van der Waals surface area (Å²) in [4.78, 5) is 19.7. The van der Waals surface area contributed by atoms with Crippen molar-refractivity contribution in [2.45, 2.75) is 43.0 Å². The van der Waals surface area contributed by atoms with Gasteiger partial charge in [-0.1, -0.05) is 54.9 Å². The lowest BCUT2D eigenvalue weighted by Gasteiger charge is -2.16. The molecule has 0 N–H and O–H groups in total. The highest BCUT2D eigenvalue weighted by Crippen LogP contribution is 2.29. The number of rotatable bonds is 8. The zero-order valence-corrected chi connectivity index (χ0v) is 14.9. The van der Waals surface area contributed by atoms with Crippen molar-refractivity contribution in [3.63, 3.8) is 0 Å². The number of fused-ring (bicyclic) bond motifs is 1. The molecule has 2 heterocycles. The number of aliphatic carboxylic acids is 1. The zero-order valence-electron chi connectivity index (χ0n) is 14.1. The summed E-state index contributed by atoms with van der Waals surface area (Å²) in [5.41, 5.74) is 1.29. The monoisotopic (exact) mass is 374 g/mol. The van der Waals surface area contributed by atoms with Crippen LogP contribution in [0.2, 0.25) is 0 Å². The third-order valence-corrected chi connectivity index (χ3v) is 5.12. The van der Waals surface area contributed by atoms with E-state index in [4.69, 9.17) is 0 Å². The van der Waals surface area contributed by atoms with Crippen LogP contribution in [0.25, 0.3) is 11.2 Å². The Balaban J connectivity index is 1.88. The predicted octanol–water partition coefficient (Wildman–Crippen LogP) is 1.81. The third kappa shape index (κ3) is 3.98. The Labute approximate surface area is 153 Å². The van der Waals surface area contributed by atoms with Crippen molar-refractivity contribution in [3.05, 3.63) is 42.0 Å². The van der Waals surface area contributed by atoms with Crippen LogP contribution < -0.4 is 5.11 Å². The number of thioether (sulfide) groups is 1. The van der Waals surface area contributed by atoms with Crippen molar-refractivity contribution in [1.82, 2.24) is 25.0 Å². The van der Waals surface area contributed by atoms with Crippen LogP contribution in [0.1, 0.15) is 31.7 Å². The lowest BCUT2D eigenvalue weighted by Crippen LogP contribution is -2.33. The SMILES string of the molecule is CCCC[C@H](Sc1ncnc2c1nnn2Cc1ccccc1F)C(=O)[O-]. The number of benzene rings is 1. The van der Waals surface area contributed by atoms with E-state index in [9.17, 15) is 14.3 Å². The number of nitrogens with zero attached hydrogens (tertiary/aromatic N) is 5. The van der Waals surface area contributed by atoms with E-state index in [1.807, 2.05) is 6.92 Å². The lowest BCUT2D eigenvalue weighted by molar-refractivity contribution is -0.304. The van der Waals surface area contributed by atoms with Gasteiger partial charge in [0.1, 0.15) is 17.2 Å². The van der Waals surface area contributed by atoms with Gasteiger partial charge in [0.2, 0.25) is 0 Å². The Kier molecular flexibility index (Phi) is 5.77. The van der Waals surface area contributed by atoms with Gasteiger partial charge < -0.3 is 9.90 Å². The number of halogens is 1. The first kappa shape index (κ1) is 18.2. The Morgan fingerprint density at radius 2 is 2.15 bits per heavy atom. The minimum Gasteiger partial charge on any atom is -0.549 e. The Hall–Kier alpha value is -2.55. The molecule has 2 aromatic heterocycles. The maximum atomic E-state index is 13.9. The summed E-state index contributed by atoms with van der Waals surface area (Å²) in [6, 6.07) is 6.40. The maximum Gasteiger partial charge on any atom is 0.183 e. The van der Waals surface area contributed by atoms with Crippen LogP contribution in [0, 0.1) is 5.82 Å². The van der Waals surface area contributed by atoms with E-state index in [2.05, 4.69) is 20.3 Å². The number of carbonyl (C=O) groups is 1. The summed E-state index contributed by atoms with van der Waals surface area (Å²) in [6.45, 7) is 2.16. The van der Waals surface area contributed by atoms with Gasteiger partial charge in [-0.25, -0.2) is 19.0 Å². The minimum absolute atomic E-state index is 0.171. The van der Waals surface area contributed by atoms with Crippen LogP contribution in [0.15, 0.2) is 35.6 Å². The van der Waals surface area contributed by atoms with Gasteiger partial charge >= 0.3 is 0 Å². The second-order valence-corrected chi connectivity index (χ2v) is 6.95. The highest BCUT2D eigenvalue weighted by molar-refractivity contribution is 8.00. The first-order chi connectivity index (χ1) is 12.6. The number of carbonyl (C=O) groups excluding carboxylic acids is 1. The molecule has 3 rings (SSSR count). The van der Waals surface area contributed by atoms with Crippen molar-refractivity contribution < 1.29 is 14.3 Å². The summed E-state index contributed by atoms with van der Waals surface area (Å²) in [5, 5.41) is 19.2. The number of carboxylic acids is 1. The van der Waals surface area contributed by atoms with Crippen LogP contribution in [0.4, 0.5) is 4.39 Å². The van der Waals surface area contributed by atoms with E-state index in [1.54, 1.807) is 18.2 Å². The molecule has 3 aromatic rings. The molecule has 0 bridgehead atoms. The highest BCUT2D eigenvalue weighted by Gasteiger charge is 2.18. The summed E-state index contributed by atoms with van der Waals surface area (Å²) in [6.07, 6.45) is 3.48. The molecule has 0 saturated heterocycles. The highest BCUT2D eigenvalue weighted by atomic mass is 32.2. The van der Waals surface area contributed by atoms with Gasteiger partial charge in [0.05, 0.1) is 17.8 Å². The number of hydrogen-bond donors (Lipinski definition) is 0. The van der Waals surface area contributed by atoms with Crippen molar-refractivity contribution in [1.29, 1.82) is 0 Å².